The molecule has 0 saturated carbocycles. The van der Waals surface area contributed by atoms with Crippen LogP contribution in [0.5, 0.6) is 0 Å². The van der Waals surface area contributed by atoms with Crippen LogP contribution in [0, 0.1) is 6.92 Å². The highest BCUT2D eigenvalue weighted by Gasteiger charge is 2.17. The largest absolute Gasteiger partial charge is 0.469 e. The van der Waals surface area contributed by atoms with Crippen molar-refractivity contribution < 1.29 is 4.42 Å². The van der Waals surface area contributed by atoms with Crippen molar-refractivity contribution in [2.75, 3.05) is 5.84 Å². The quantitative estimate of drug-likeness (QED) is 0.552. The molecule has 2 aromatic heterocycles. The van der Waals surface area contributed by atoms with Crippen molar-refractivity contribution in [1.29, 1.82) is 0 Å². The van der Waals surface area contributed by atoms with Crippen molar-refractivity contribution in [1.82, 2.24) is 14.9 Å². The topological polar surface area (TPSA) is 69.9 Å². The van der Waals surface area contributed by atoms with Crippen molar-refractivity contribution in [2.45, 2.75) is 37.1 Å². The summed E-state index contributed by atoms with van der Waals surface area (Å²) in [4.78, 5) is 0. The molecule has 0 aliphatic carbocycles. The molecule has 0 fully saturated rings. The summed E-state index contributed by atoms with van der Waals surface area (Å²) in [5.74, 6) is 7.57. The summed E-state index contributed by atoms with van der Waals surface area (Å²) in [6.07, 6.45) is 3.73. The van der Waals surface area contributed by atoms with E-state index in [0.29, 0.717) is 11.1 Å². The smallest absolute Gasteiger partial charge is 0.210 e. The van der Waals surface area contributed by atoms with E-state index in [1.54, 1.807) is 22.7 Å². The van der Waals surface area contributed by atoms with E-state index in [1.165, 1.54) is 5.56 Å². The standard InChI is InChI=1S/C17H20N4OS/c1-12(8-9-14-6-4-3-5-7-14)23-17-20-19-16(21(17)18)15-10-11-22-13(15)2/h3-7,10-12H,8-9,18H2,1-2H3. The zero-order valence-electron chi connectivity index (χ0n) is 13.3. The number of thioether (sulfide) groups is 1. The minimum atomic E-state index is 0.403. The first-order valence-electron chi connectivity index (χ1n) is 7.60. The summed E-state index contributed by atoms with van der Waals surface area (Å²) < 4.78 is 6.85. The molecule has 0 aliphatic heterocycles. The maximum absolute atomic E-state index is 6.15. The van der Waals surface area contributed by atoms with Crippen LogP contribution in [0.15, 0.2) is 52.2 Å². The average Bonchev–Trinajstić information content (AvgIpc) is 3.13. The number of nitrogen functional groups attached to an aromatic ring is 1. The van der Waals surface area contributed by atoms with Gasteiger partial charge in [-0.05, 0) is 31.4 Å². The molecule has 1 unspecified atom stereocenters. The number of rotatable bonds is 6. The van der Waals surface area contributed by atoms with Gasteiger partial charge in [0.2, 0.25) is 5.16 Å². The fourth-order valence-electron chi connectivity index (χ4n) is 2.41. The van der Waals surface area contributed by atoms with E-state index < -0.39 is 0 Å². The van der Waals surface area contributed by atoms with Gasteiger partial charge < -0.3 is 10.3 Å². The van der Waals surface area contributed by atoms with Gasteiger partial charge >= 0.3 is 0 Å². The van der Waals surface area contributed by atoms with Crippen LogP contribution < -0.4 is 5.84 Å². The SMILES string of the molecule is Cc1occc1-c1nnc(SC(C)CCc2ccccc2)n1N. The molecule has 0 radical (unpaired) electrons. The molecule has 23 heavy (non-hydrogen) atoms. The Morgan fingerprint density at radius 3 is 2.70 bits per heavy atom. The minimum Gasteiger partial charge on any atom is -0.469 e. The number of hydrogen-bond donors (Lipinski definition) is 1. The maximum atomic E-state index is 6.15. The van der Waals surface area contributed by atoms with Gasteiger partial charge in [-0.15, -0.1) is 10.2 Å². The molecule has 2 heterocycles. The second-order valence-electron chi connectivity index (χ2n) is 5.52. The highest BCUT2D eigenvalue weighted by molar-refractivity contribution is 7.99. The van der Waals surface area contributed by atoms with Crippen molar-refractivity contribution in [2.24, 2.45) is 0 Å². The zero-order valence-corrected chi connectivity index (χ0v) is 14.1. The number of aromatic nitrogens is 3. The van der Waals surface area contributed by atoms with Crippen molar-refractivity contribution >= 4 is 11.8 Å². The molecule has 5 nitrogen and oxygen atoms in total. The molecule has 0 amide bonds. The molecule has 3 aromatic rings. The van der Waals surface area contributed by atoms with E-state index in [2.05, 4.69) is 41.4 Å². The Hall–Kier alpha value is -2.21. The van der Waals surface area contributed by atoms with E-state index in [0.717, 1.165) is 29.3 Å². The van der Waals surface area contributed by atoms with Crippen LogP contribution in [0.4, 0.5) is 0 Å². The number of nitrogens with two attached hydrogens (primary N) is 1. The van der Waals surface area contributed by atoms with E-state index in [9.17, 15) is 0 Å². The van der Waals surface area contributed by atoms with Gasteiger partial charge in [-0.3, -0.25) is 0 Å². The molecule has 0 spiro atoms. The molecule has 0 saturated heterocycles. The Morgan fingerprint density at radius 1 is 1.22 bits per heavy atom. The van der Waals surface area contributed by atoms with Gasteiger partial charge in [0.05, 0.1) is 11.8 Å². The molecule has 6 heteroatoms. The highest BCUT2D eigenvalue weighted by atomic mass is 32.2. The maximum Gasteiger partial charge on any atom is 0.210 e. The normalized spacial score (nSPS) is 12.4. The minimum absolute atomic E-state index is 0.403. The van der Waals surface area contributed by atoms with Gasteiger partial charge in [0.1, 0.15) is 5.76 Å². The number of furan rings is 1. The van der Waals surface area contributed by atoms with Crippen LogP contribution in [0.25, 0.3) is 11.4 Å². The predicted molar refractivity (Wildman–Crippen MR) is 92.7 cm³/mol. The Balaban J connectivity index is 1.64. The number of nitrogens with zero attached hydrogens (tertiary/aromatic N) is 3. The van der Waals surface area contributed by atoms with Crippen LogP contribution in [-0.4, -0.2) is 20.1 Å². The lowest BCUT2D eigenvalue weighted by Gasteiger charge is -2.10. The Labute approximate surface area is 139 Å². The molecule has 3 rings (SSSR count). The Morgan fingerprint density at radius 2 is 2.00 bits per heavy atom. The lowest BCUT2D eigenvalue weighted by Crippen LogP contribution is -2.13. The molecule has 0 aliphatic rings. The van der Waals surface area contributed by atoms with Crippen LogP contribution in [-0.2, 0) is 6.42 Å². The predicted octanol–water partition coefficient (Wildman–Crippen LogP) is 3.67. The lowest BCUT2D eigenvalue weighted by atomic mass is 10.1. The van der Waals surface area contributed by atoms with Crippen molar-refractivity contribution in [3.05, 3.63) is 54.0 Å². The summed E-state index contributed by atoms with van der Waals surface area (Å²) >= 11 is 1.65. The number of benzene rings is 1. The second kappa shape index (κ2) is 6.91. The van der Waals surface area contributed by atoms with Crippen LogP contribution in [0.3, 0.4) is 0 Å². The highest BCUT2D eigenvalue weighted by Crippen LogP contribution is 2.28. The van der Waals surface area contributed by atoms with Crippen LogP contribution in [0.2, 0.25) is 0 Å². The first-order chi connectivity index (χ1) is 11.1. The molecule has 120 valence electrons. The van der Waals surface area contributed by atoms with Gasteiger partial charge in [0, 0.05) is 5.25 Å². The van der Waals surface area contributed by atoms with E-state index in [-0.39, 0.29) is 0 Å². The molecule has 1 atom stereocenters. The third-order valence-electron chi connectivity index (χ3n) is 3.75. The van der Waals surface area contributed by atoms with E-state index in [4.69, 9.17) is 10.3 Å². The van der Waals surface area contributed by atoms with Gasteiger partial charge in [-0.1, -0.05) is 49.0 Å². The average molecular weight is 328 g/mol. The molecule has 1 aromatic carbocycles. The summed E-state index contributed by atoms with van der Waals surface area (Å²) in [5.41, 5.74) is 2.23. The zero-order chi connectivity index (χ0) is 16.2. The van der Waals surface area contributed by atoms with Crippen LogP contribution in [0.1, 0.15) is 24.7 Å². The first-order valence-corrected chi connectivity index (χ1v) is 8.48. The fraction of sp³-hybridized carbons (Fsp3) is 0.294. The Bertz CT molecular complexity index is 766. The van der Waals surface area contributed by atoms with E-state index in [1.807, 2.05) is 19.1 Å². The number of aryl methyl sites for hydroxylation is 2. The molecular weight excluding hydrogens is 308 g/mol. The number of hydrogen-bond acceptors (Lipinski definition) is 5. The van der Waals surface area contributed by atoms with Gasteiger partial charge in [-0.25, -0.2) is 4.68 Å². The van der Waals surface area contributed by atoms with Gasteiger partial charge in [-0.2, -0.15) is 0 Å². The monoisotopic (exact) mass is 328 g/mol. The van der Waals surface area contributed by atoms with E-state index >= 15 is 0 Å². The third kappa shape index (κ3) is 3.59. The van der Waals surface area contributed by atoms with Crippen molar-refractivity contribution in [3.63, 3.8) is 0 Å². The van der Waals surface area contributed by atoms with Crippen LogP contribution >= 0.6 is 11.8 Å². The Kier molecular flexibility index (Phi) is 4.71. The summed E-state index contributed by atoms with van der Waals surface area (Å²) in [7, 11) is 0. The molecule has 0 bridgehead atoms. The van der Waals surface area contributed by atoms with Gasteiger partial charge in [0.25, 0.3) is 0 Å². The fourth-order valence-corrected chi connectivity index (χ4v) is 3.30. The van der Waals surface area contributed by atoms with Crippen molar-refractivity contribution in [3.8, 4) is 11.4 Å². The summed E-state index contributed by atoms with van der Waals surface area (Å²) in [5, 5.41) is 9.54. The lowest BCUT2D eigenvalue weighted by molar-refractivity contribution is 0.535. The third-order valence-corrected chi connectivity index (χ3v) is 4.88. The molecule has 2 N–H and O–H groups in total. The second-order valence-corrected chi connectivity index (χ2v) is 6.92. The molecular formula is C17H20N4OS. The van der Waals surface area contributed by atoms with Gasteiger partial charge in [0.15, 0.2) is 5.82 Å². The summed E-state index contributed by atoms with van der Waals surface area (Å²) in [6, 6.07) is 12.4. The summed E-state index contributed by atoms with van der Waals surface area (Å²) in [6.45, 7) is 4.07. The first kappa shape index (κ1) is 15.7.